The molecule has 0 saturated carbocycles. The van der Waals surface area contributed by atoms with Crippen LogP contribution in [0.2, 0.25) is 10.0 Å². The van der Waals surface area contributed by atoms with E-state index in [9.17, 15) is 9.36 Å². The maximum Gasteiger partial charge on any atom is 0.338 e. The Labute approximate surface area is 122 Å². The van der Waals surface area contributed by atoms with Gasteiger partial charge in [0.2, 0.25) is 0 Å². The van der Waals surface area contributed by atoms with Gasteiger partial charge in [0.05, 0.1) is 23.3 Å². The number of halogens is 2. The highest BCUT2D eigenvalue weighted by Gasteiger charge is 2.28. The quantitative estimate of drug-likeness (QED) is 0.549. The lowest BCUT2D eigenvalue weighted by Crippen LogP contribution is -2.10. The highest BCUT2D eigenvalue weighted by Crippen LogP contribution is 2.48. The van der Waals surface area contributed by atoms with Crippen molar-refractivity contribution in [1.29, 1.82) is 0 Å². The molecule has 0 fully saturated rings. The average molecular weight is 325 g/mol. The molecule has 0 atom stereocenters. The highest BCUT2D eigenvalue weighted by atomic mass is 35.5. The normalized spacial score (nSPS) is 11.6. The first kappa shape index (κ1) is 16.7. The molecule has 0 aliphatic rings. The minimum atomic E-state index is -3.39. The first-order valence-corrected chi connectivity index (χ1v) is 8.26. The maximum atomic E-state index is 12.2. The van der Waals surface area contributed by atoms with Gasteiger partial charge in [0, 0.05) is 5.56 Å². The summed E-state index contributed by atoms with van der Waals surface area (Å²) in [7, 11) is -3.39. The first-order valence-electron chi connectivity index (χ1n) is 5.78. The molecule has 0 amide bonds. The summed E-state index contributed by atoms with van der Waals surface area (Å²) in [4.78, 5) is 12.0. The van der Waals surface area contributed by atoms with E-state index in [1.165, 1.54) is 18.2 Å². The molecule has 1 aromatic carbocycles. The molecular formula is C12H15Cl2O4P. The van der Waals surface area contributed by atoms with Crippen LogP contribution in [0, 0.1) is 0 Å². The molecule has 0 saturated heterocycles. The second-order valence-electron chi connectivity index (χ2n) is 3.66. The summed E-state index contributed by atoms with van der Waals surface area (Å²) in [5.74, 6) is -0.358. The smallest absolute Gasteiger partial charge is 0.309 e. The SMILES string of the molecule is CCOP(=O)(CC(=O)c1ccc(Cl)c(Cl)c1)OCC. The number of ketones is 1. The lowest BCUT2D eigenvalue weighted by atomic mass is 10.1. The molecule has 0 bridgehead atoms. The van der Waals surface area contributed by atoms with Gasteiger partial charge in [-0.05, 0) is 32.0 Å². The van der Waals surface area contributed by atoms with Gasteiger partial charge in [-0.15, -0.1) is 0 Å². The van der Waals surface area contributed by atoms with Crippen molar-refractivity contribution in [2.24, 2.45) is 0 Å². The number of Topliss-reactive ketones (excluding diaryl/α,β-unsaturated/α-hetero) is 1. The zero-order valence-corrected chi connectivity index (χ0v) is 13.1. The number of benzene rings is 1. The van der Waals surface area contributed by atoms with Crippen LogP contribution in [-0.4, -0.2) is 25.2 Å². The Kier molecular flexibility index (Phi) is 6.51. The lowest BCUT2D eigenvalue weighted by Gasteiger charge is -2.16. The van der Waals surface area contributed by atoms with Crippen LogP contribution in [0.3, 0.4) is 0 Å². The predicted octanol–water partition coefficient (Wildman–Crippen LogP) is 4.44. The van der Waals surface area contributed by atoms with Crippen LogP contribution in [-0.2, 0) is 13.6 Å². The molecule has 19 heavy (non-hydrogen) atoms. The Morgan fingerprint density at radius 2 is 1.74 bits per heavy atom. The number of carbonyl (C=O) groups excluding carboxylic acids is 1. The van der Waals surface area contributed by atoms with Gasteiger partial charge in [-0.3, -0.25) is 9.36 Å². The summed E-state index contributed by atoms with van der Waals surface area (Å²) in [6.45, 7) is 3.81. The van der Waals surface area contributed by atoms with Crippen molar-refractivity contribution in [1.82, 2.24) is 0 Å². The van der Waals surface area contributed by atoms with Crippen LogP contribution in [0.15, 0.2) is 18.2 Å². The Bertz CT molecular complexity index is 495. The van der Waals surface area contributed by atoms with Gasteiger partial charge in [-0.25, -0.2) is 0 Å². The monoisotopic (exact) mass is 324 g/mol. The standard InChI is InChI=1S/C12H15Cl2O4P/c1-3-17-19(16,18-4-2)8-12(15)9-5-6-10(13)11(14)7-9/h5-7H,3-4,8H2,1-2H3. The molecule has 7 heteroatoms. The molecule has 0 aliphatic carbocycles. The largest absolute Gasteiger partial charge is 0.338 e. The van der Waals surface area contributed by atoms with E-state index >= 15 is 0 Å². The van der Waals surface area contributed by atoms with E-state index in [1.54, 1.807) is 13.8 Å². The highest BCUT2D eigenvalue weighted by molar-refractivity contribution is 7.54. The lowest BCUT2D eigenvalue weighted by molar-refractivity contribution is 0.100. The molecule has 0 aromatic heterocycles. The van der Waals surface area contributed by atoms with Gasteiger partial charge in [-0.2, -0.15) is 0 Å². The van der Waals surface area contributed by atoms with Crippen LogP contribution in [0.1, 0.15) is 24.2 Å². The second kappa shape index (κ2) is 7.41. The minimum Gasteiger partial charge on any atom is -0.309 e. The van der Waals surface area contributed by atoms with E-state index in [0.29, 0.717) is 10.6 Å². The Balaban J connectivity index is 2.87. The predicted molar refractivity (Wildman–Crippen MR) is 76.5 cm³/mol. The Morgan fingerprint density at radius 3 is 2.21 bits per heavy atom. The molecular weight excluding hydrogens is 310 g/mol. The van der Waals surface area contributed by atoms with Gasteiger partial charge in [0.1, 0.15) is 6.16 Å². The number of hydrogen-bond donors (Lipinski definition) is 0. The molecule has 106 valence electrons. The van der Waals surface area contributed by atoms with E-state index in [0.717, 1.165) is 0 Å². The first-order chi connectivity index (χ1) is 8.91. The molecule has 0 spiro atoms. The van der Waals surface area contributed by atoms with Crippen LogP contribution >= 0.6 is 30.8 Å². The Morgan fingerprint density at radius 1 is 1.16 bits per heavy atom. The second-order valence-corrected chi connectivity index (χ2v) is 6.53. The number of carbonyl (C=O) groups is 1. The van der Waals surface area contributed by atoms with Crippen LogP contribution in [0.25, 0.3) is 0 Å². The summed E-state index contributed by atoms with van der Waals surface area (Å²) in [6.07, 6.45) is -0.313. The van der Waals surface area contributed by atoms with Crippen LogP contribution in [0.4, 0.5) is 0 Å². The molecule has 0 radical (unpaired) electrons. The average Bonchev–Trinajstić information content (AvgIpc) is 2.32. The van der Waals surface area contributed by atoms with E-state index in [-0.39, 0.29) is 30.2 Å². The van der Waals surface area contributed by atoms with Crippen LogP contribution in [0.5, 0.6) is 0 Å². The zero-order chi connectivity index (χ0) is 14.5. The van der Waals surface area contributed by atoms with E-state index in [1.807, 2.05) is 0 Å². The van der Waals surface area contributed by atoms with E-state index in [4.69, 9.17) is 32.2 Å². The summed E-state index contributed by atoms with van der Waals surface area (Å²) < 4.78 is 22.4. The van der Waals surface area contributed by atoms with E-state index in [2.05, 4.69) is 0 Å². The molecule has 4 nitrogen and oxygen atoms in total. The maximum absolute atomic E-state index is 12.2. The Hall–Kier alpha value is -0.380. The molecule has 0 N–H and O–H groups in total. The van der Waals surface area contributed by atoms with Crippen molar-refractivity contribution in [3.8, 4) is 0 Å². The number of rotatable bonds is 7. The summed E-state index contributed by atoms with van der Waals surface area (Å²) in [5.41, 5.74) is 0.328. The van der Waals surface area contributed by atoms with Crippen LogP contribution < -0.4 is 0 Å². The molecule has 1 rings (SSSR count). The van der Waals surface area contributed by atoms with Crippen molar-refractivity contribution in [2.45, 2.75) is 13.8 Å². The fourth-order valence-corrected chi connectivity index (χ4v) is 3.34. The fraction of sp³-hybridized carbons (Fsp3) is 0.417. The van der Waals surface area contributed by atoms with Crippen molar-refractivity contribution in [3.63, 3.8) is 0 Å². The van der Waals surface area contributed by atoms with Gasteiger partial charge < -0.3 is 9.05 Å². The molecule has 0 aliphatic heterocycles. The molecule has 0 heterocycles. The van der Waals surface area contributed by atoms with Crippen molar-refractivity contribution >= 4 is 36.6 Å². The summed E-state index contributed by atoms with van der Waals surface area (Å²) in [6, 6.07) is 4.48. The third kappa shape index (κ3) is 4.90. The zero-order valence-electron chi connectivity index (χ0n) is 10.7. The van der Waals surface area contributed by atoms with Gasteiger partial charge in [0.25, 0.3) is 0 Å². The molecule has 0 unspecified atom stereocenters. The molecule has 1 aromatic rings. The minimum absolute atomic E-state index is 0.214. The van der Waals surface area contributed by atoms with Crippen molar-refractivity contribution in [2.75, 3.05) is 19.4 Å². The third-order valence-corrected chi connectivity index (χ3v) is 4.95. The topological polar surface area (TPSA) is 52.6 Å². The summed E-state index contributed by atoms with van der Waals surface area (Å²) in [5, 5.41) is 0.631. The fourth-order valence-electron chi connectivity index (χ4n) is 1.46. The van der Waals surface area contributed by atoms with Gasteiger partial charge >= 0.3 is 7.60 Å². The summed E-state index contributed by atoms with van der Waals surface area (Å²) >= 11 is 11.6. The van der Waals surface area contributed by atoms with Gasteiger partial charge in [0.15, 0.2) is 5.78 Å². The van der Waals surface area contributed by atoms with Gasteiger partial charge in [-0.1, -0.05) is 23.2 Å². The van der Waals surface area contributed by atoms with Crippen molar-refractivity contribution in [3.05, 3.63) is 33.8 Å². The van der Waals surface area contributed by atoms with E-state index < -0.39 is 7.60 Å². The van der Waals surface area contributed by atoms with Crippen molar-refractivity contribution < 1.29 is 18.4 Å². The number of hydrogen-bond acceptors (Lipinski definition) is 4. The third-order valence-electron chi connectivity index (χ3n) is 2.23.